The predicted molar refractivity (Wildman–Crippen MR) is 96.5 cm³/mol. The fraction of sp³-hybridized carbons (Fsp3) is 0.952. The van der Waals surface area contributed by atoms with Crippen LogP contribution in [-0.2, 0) is 0 Å². The Morgan fingerprint density at radius 3 is 1.67 bits per heavy atom. The molecule has 0 saturated heterocycles. The number of nitrogens with two attached hydrogens (primary N) is 1. The molecule has 0 aromatic heterocycles. The third-order valence-electron chi connectivity index (χ3n) is 8.90. The summed E-state index contributed by atoms with van der Waals surface area (Å²) in [6.45, 7) is 0. The van der Waals surface area contributed by atoms with Crippen molar-refractivity contribution < 1.29 is 0 Å². The van der Waals surface area contributed by atoms with Crippen LogP contribution in [-0.4, -0.2) is 17.5 Å². The molecule has 0 aromatic rings. The van der Waals surface area contributed by atoms with Crippen LogP contribution in [0.25, 0.3) is 0 Å². The number of rotatable bonds is 2. The zero-order chi connectivity index (χ0) is 15.9. The van der Waals surface area contributed by atoms with E-state index in [9.17, 15) is 0 Å². The van der Waals surface area contributed by atoms with Crippen molar-refractivity contribution in [3.63, 3.8) is 0 Å². The van der Waals surface area contributed by atoms with E-state index < -0.39 is 0 Å². The quantitative estimate of drug-likeness (QED) is 0.600. The molecule has 24 heavy (non-hydrogen) atoms. The largest absolute Gasteiger partial charge is 0.370 e. The highest BCUT2D eigenvalue weighted by molar-refractivity contribution is 5.79. The first kappa shape index (κ1) is 14.4. The van der Waals surface area contributed by atoms with E-state index in [0.717, 1.165) is 47.4 Å². The van der Waals surface area contributed by atoms with Crippen molar-refractivity contribution in [2.45, 2.75) is 82.2 Å². The maximum atomic E-state index is 6.51. The Hall–Kier alpha value is -0.730. The zero-order valence-electron chi connectivity index (χ0n) is 14.9. The molecular weight excluding hydrogens is 294 g/mol. The van der Waals surface area contributed by atoms with E-state index in [1.807, 2.05) is 0 Å². The van der Waals surface area contributed by atoms with Crippen LogP contribution in [0, 0.1) is 41.4 Å². The van der Waals surface area contributed by atoms with Crippen LogP contribution in [0.5, 0.6) is 0 Å². The molecule has 8 saturated carbocycles. The summed E-state index contributed by atoms with van der Waals surface area (Å²) in [6.07, 6.45) is 15.8. The van der Waals surface area contributed by atoms with Gasteiger partial charge in [-0.05, 0) is 112 Å². The summed E-state index contributed by atoms with van der Waals surface area (Å²) in [5, 5.41) is 3.81. The number of nitrogens with zero attached hydrogens (tertiary/aromatic N) is 1. The lowest BCUT2D eigenvalue weighted by molar-refractivity contribution is -0.0116. The van der Waals surface area contributed by atoms with E-state index in [0.29, 0.717) is 11.6 Å². The minimum Gasteiger partial charge on any atom is -0.370 e. The first-order chi connectivity index (χ1) is 11.6. The first-order valence-electron chi connectivity index (χ1n) is 10.8. The number of aliphatic imine (C=N–C) groups is 1. The predicted octanol–water partition coefficient (Wildman–Crippen LogP) is 3.68. The normalized spacial score (nSPS) is 57.6. The van der Waals surface area contributed by atoms with E-state index in [1.165, 1.54) is 70.6 Å². The Bertz CT molecular complexity index is 502. The van der Waals surface area contributed by atoms with Gasteiger partial charge >= 0.3 is 0 Å². The lowest BCUT2D eigenvalue weighted by atomic mass is 9.53. The van der Waals surface area contributed by atoms with Crippen LogP contribution in [0.1, 0.15) is 70.6 Å². The second-order valence-corrected chi connectivity index (χ2v) is 10.8. The summed E-state index contributed by atoms with van der Waals surface area (Å²) >= 11 is 0. The van der Waals surface area contributed by atoms with E-state index in [-0.39, 0.29) is 0 Å². The van der Waals surface area contributed by atoms with E-state index in [2.05, 4.69) is 5.32 Å². The second-order valence-electron chi connectivity index (χ2n) is 10.8. The maximum absolute atomic E-state index is 6.51. The number of hydrogen-bond acceptors (Lipinski definition) is 1. The van der Waals surface area contributed by atoms with Crippen molar-refractivity contribution in [2.75, 3.05) is 0 Å². The highest BCUT2D eigenvalue weighted by atomic mass is 15.2. The van der Waals surface area contributed by atoms with Crippen molar-refractivity contribution in [2.24, 2.45) is 52.2 Å². The molecule has 3 nitrogen and oxygen atoms in total. The van der Waals surface area contributed by atoms with Gasteiger partial charge in [0.25, 0.3) is 0 Å². The summed E-state index contributed by atoms with van der Waals surface area (Å²) in [5.41, 5.74) is 6.83. The molecule has 0 heterocycles. The molecule has 8 aliphatic carbocycles. The summed E-state index contributed by atoms with van der Waals surface area (Å²) in [6, 6.07) is 0.541. The minimum absolute atomic E-state index is 0.314. The van der Waals surface area contributed by atoms with Crippen LogP contribution in [0.3, 0.4) is 0 Å². The van der Waals surface area contributed by atoms with Crippen LogP contribution >= 0.6 is 0 Å². The number of hydrogen-bond donors (Lipinski definition) is 2. The first-order valence-corrected chi connectivity index (χ1v) is 10.8. The summed E-state index contributed by atoms with van der Waals surface area (Å²) < 4.78 is 0. The maximum Gasteiger partial charge on any atom is 0.189 e. The lowest BCUT2D eigenvalue weighted by Gasteiger charge is -2.57. The molecule has 8 rings (SSSR count). The van der Waals surface area contributed by atoms with Gasteiger partial charge in [0.05, 0.1) is 6.04 Å². The Balaban J connectivity index is 1.20. The highest BCUT2D eigenvalue weighted by Gasteiger charge is 2.52. The Kier molecular flexibility index (Phi) is 2.96. The van der Waals surface area contributed by atoms with E-state index >= 15 is 0 Å². The van der Waals surface area contributed by atoms with Crippen LogP contribution in [0.4, 0.5) is 0 Å². The molecule has 8 aliphatic rings. The molecule has 0 spiro atoms. The van der Waals surface area contributed by atoms with Gasteiger partial charge in [-0.2, -0.15) is 0 Å². The van der Waals surface area contributed by atoms with Crippen molar-refractivity contribution >= 4 is 5.96 Å². The third kappa shape index (κ3) is 2.18. The average molecular weight is 328 g/mol. The summed E-state index contributed by atoms with van der Waals surface area (Å²) in [4.78, 5) is 5.13. The van der Waals surface area contributed by atoms with Crippen molar-refractivity contribution in [1.82, 2.24) is 5.32 Å². The molecule has 8 fully saturated rings. The van der Waals surface area contributed by atoms with Crippen molar-refractivity contribution in [3.8, 4) is 0 Å². The number of nitrogens with one attached hydrogen (secondary N) is 1. The van der Waals surface area contributed by atoms with Gasteiger partial charge in [0.2, 0.25) is 0 Å². The fourth-order valence-electron chi connectivity index (χ4n) is 8.84. The topological polar surface area (TPSA) is 50.4 Å². The molecule has 132 valence electrons. The Morgan fingerprint density at radius 1 is 0.708 bits per heavy atom. The van der Waals surface area contributed by atoms with Gasteiger partial charge in [0, 0.05) is 5.54 Å². The fourth-order valence-corrected chi connectivity index (χ4v) is 8.84. The summed E-state index contributed by atoms with van der Waals surface area (Å²) in [5.74, 6) is 7.45. The molecule has 0 aromatic carbocycles. The Morgan fingerprint density at radius 2 is 1.17 bits per heavy atom. The van der Waals surface area contributed by atoms with Gasteiger partial charge in [-0.1, -0.05) is 0 Å². The van der Waals surface area contributed by atoms with E-state index in [4.69, 9.17) is 10.7 Å². The highest BCUT2D eigenvalue weighted by Crippen LogP contribution is 2.56. The number of guanidine groups is 1. The minimum atomic E-state index is 0.314. The molecule has 0 aliphatic heterocycles. The molecule has 0 atom stereocenters. The SMILES string of the molecule is NC(=NC1C2CC3CC(C2)CC1C3)NC12CC3CC(CC(C3)C1)C2. The van der Waals surface area contributed by atoms with Gasteiger partial charge in [0.15, 0.2) is 5.96 Å². The van der Waals surface area contributed by atoms with Gasteiger partial charge in [0.1, 0.15) is 0 Å². The Labute approximate surface area is 146 Å². The van der Waals surface area contributed by atoms with Gasteiger partial charge in [-0.3, -0.25) is 0 Å². The summed E-state index contributed by atoms with van der Waals surface area (Å²) in [7, 11) is 0. The lowest BCUT2D eigenvalue weighted by Crippen LogP contribution is -2.61. The molecule has 0 unspecified atom stereocenters. The molecular formula is C21H33N3. The third-order valence-corrected chi connectivity index (χ3v) is 8.90. The molecule has 0 radical (unpaired) electrons. The van der Waals surface area contributed by atoms with Crippen molar-refractivity contribution in [1.29, 1.82) is 0 Å². The molecule has 3 N–H and O–H groups in total. The van der Waals surface area contributed by atoms with Crippen LogP contribution < -0.4 is 11.1 Å². The smallest absolute Gasteiger partial charge is 0.189 e. The van der Waals surface area contributed by atoms with E-state index in [1.54, 1.807) is 0 Å². The molecule has 8 bridgehead atoms. The van der Waals surface area contributed by atoms with Gasteiger partial charge < -0.3 is 11.1 Å². The second kappa shape index (κ2) is 4.92. The zero-order valence-corrected chi connectivity index (χ0v) is 14.9. The standard InChI is InChI=1S/C21H33N3/c22-20(23-19-17-5-12-1-13(7-17)8-18(19)6-12)24-21-9-14-2-15(10-21)4-16(3-14)11-21/h12-19H,1-11H2,(H3,22,23,24). The van der Waals surface area contributed by atoms with Gasteiger partial charge in [-0.25, -0.2) is 4.99 Å². The molecule has 0 amide bonds. The van der Waals surface area contributed by atoms with Crippen LogP contribution in [0.2, 0.25) is 0 Å². The molecule has 3 heteroatoms. The van der Waals surface area contributed by atoms with Crippen molar-refractivity contribution in [3.05, 3.63) is 0 Å². The average Bonchev–Trinajstić information content (AvgIpc) is 2.48. The van der Waals surface area contributed by atoms with Crippen LogP contribution in [0.15, 0.2) is 4.99 Å². The van der Waals surface area contributed by atoms with Gasteiger partial charge in [-0.15, -0.1) is 0 Å². The monoisotopic (exact) mass is 327 g/mol.